The van der Waals surface area contributed by atoms with Crippen LogP contribution in [0.3, 0.4) is 0 Å². The lowest BCUT2D eigenvalue weighted by molar-refractivity contribution is -0.135. The normalized spacial score (nSPS) is 16.0. The maximum absolute atomic E-state index is 12.1. The largest absolute Gasteiger partial charge is 0.508 e. The van der Waals surface area contributed by atoms with Crippen LogP contribution in [0.15, 0.2) is 24.3 Å². The fourth-order valence-corrected chi connectivity index (χ4v) is 2.71. The zero-order valence-corrected chi connectivity index (χ0v) is 13.0. The molecule has 1 N–H and O–H groups in total. The molecule has 0 radical (unpaired) electrons. The van der Waals surface area contributed by atoms with E-state index >= 15 is 0 Å². The fourth-order valence-electron chi connectivity index (χ4n) is 2.71. The Kier molecular flexibility index (Phi) is 5.23. The van der Waals surface area contributed by atoms with E-state index in [1.807, 2.05) is 17.0 Å². The van der Waals surface area contributed by atoms with Crippen molar-refractivity contribution in [1.82, 2.24) is 4.90 Å². The maximum Gasteiger partial charge on any atom is 0.222 e. The van der Waals surface area contributed by atoms with Crippen LogP contribution < -0.4 is 0 Å². The molecule has 2 rings (SSSR count). The van der Waals surface area contributed by atoms with Crippen molar-refractivity contribution in [2.45, 2.75) is 38.5 Å². The lowest BCUT2D eigenvalue weighted by Crippen LogP contribution is -2.40. The highest BCUT2D eigenvalue weighted by Crippen LogP contribution is 2.30. The molecule has 1 amide bonds. The molecule has 1 saturated heterocycles. The number of aromatic hydroxyl groups is 1. The topological polar surface area (TPSA) is 49.8 Å². The number of benzene rings is 1. The van der Waals surface area contributed by atoms with Crippen molar-refractivity contribution in [1.29, 1.82) is 0 Å². The molecule has 21 heavy (non-hydrogen) atoms. The number of rotatable bonds is 5. The highest BCUT2D eigenvalue weighted by molar-refractivity contribution is 5.76. The molecule has 4 heteroatoms. The Balaban J connectivity index is 1.81. The highest BCUT2D eigenvalue weighted by atomic mass is 16.5. The van der Waals surface area contributed by atoms with Gasteiger partial charge in [0.25, 0.3) is 0 Å². The average molecular weight is 291 g/mol. The molecule has 0 saturated carbocycles. The summed E-state index contributed by atoms with van der Waals surface area (Å²) in [4.78, 5) is 14.0. The Morgan fingerprint density at radius 1 is 1.24 bits per heavy atom. The Labute approximate surface area is 126 Å². The van der Waals surface area contributed by atoms with Crippen LogP contribution in [0, 0.1) is 0 Å². The molecule has 0 aromatic heterocycles. The van der Waals surface area contributed by atoms with E-state index in [2.05, 4.69) is 13.8 Å². The number of carbonyl (C=O) groups is 1. The van der Waals surface area contributed by atoms with Crippen molar-refractivity contribution in [2.24, 2.45) is 0 Å². The van der Waals surface area contributed by atoms with Crippen LogP contribution in [-0.4, -0.2) is 42.2 Å². The lowest BCUT2D eigenvalue weighted by Gasteiger charge is -2.28. The van der Waals surface area contributed by atoms with Crippen molar-refractivity contribution < 1.29 is 14.6 Å². The van der Waals surface area contributed by atoms with Gasteiger partial charge in [-0.05, 0) is 36.0 Å². The molecule has 1 heterocycles. The molecule has 1 aromatic rings. The summed E-state index contributed by atoms with van der Waals surface area (Å²) in [5.74, 6) is 0.525. The van der Waals surface area contributed by atoms with Gasteiger partial charge >= 0.3 is 0 Å². The standard InChI is InChI=1S/C17H25NO3/c1-17(2,14-5-7-15(19)8-6-14)9-3-4-16(20)18-10-12-21-13-11-18/h5-8,19H,3-4,9-13H2,1-2H3. The van der Waals surface area contributed by atoms with Crippen LogP contribution in [-0.2, 0) is 14.9 Å². The summed E-state index contributed by atoms with van der Waals surface area (Å²) in [5, 5.41) is 9.36. The first-order chi connectivity index (χ1) is 9.99. The molecule has 1 aliphatic heterocycles. The van der Waals surface area contributed by atoms with Gasteiger partial charge in [0.1, 0.15) is 5.75 Å². The molecule has 0 aliphatic carbocycles. The molecular weight excluding hydrogens is 266 g/mol. The zero-order valence-electron chi connectivity index (χ0n) is 13.0. The molecule has 1 aliphatic rings. The molecule has 0 atom stereocenters. The van der Waals surface area contributed by atoms with Crippen molar-refractivity contribution in [3.05, 3.63) is 29.8 Å². The van der Waals surface area contributed by atoms with Crippen LogP contribution in [0.1, 0.15) is 38.7 Å². The second-order valence-electron chi connectivity index (χ2n) is 6.28. The highest BCUT2D eigenvalue weighted by Gasteiger charge is 2.22. The molecule has 0 bridgehead atoms. The van der Waals surface area contributed by atoms with Gasteiger partial charge in [0.05, 0.1) is 13.2 Å². The number of phenols is 1. The van der Waals surface area contributed by atoms with Crippen molar-refractivity contribution >= 4 is 5.91 Å². The fraction of sp³-hybridized carbons (Fsp3) is 0.588. The molecule has 4 nitrogen and oxygen atoms in total. The summed E-state index contributed by atoms with van der Waals surface area (Å²) in [7, 11) is 0. The Morgan fingerprint density at radius 3 is 2.48 bits per heavy atom. The molecule has 1 fully saturated rings. The van der Waals surface area contributed by atoms with E-state index in [0.29, 0.717) is 19.6 Å². The molecular formula is C17H25NO3. The number of nitrogens with zero attached hydrogens (tertiary/aromatic N) is 1. The van der Waals surface area contributed by atoms with Gasteiger partial charge in [-0.3, -0.25) is 4.79 Å². The van der Waals surface area contributed by atoms with Crippen molar-refractivity contribution in [2.75, 3.05) is 26.3 Å². The van der Waals surface area contributed by atoms with E-state index in [0.717, 1.165) is 25.9 Å². The molecule has 1 aromatic carbocycles. The van der Waals surface area contributed by atoms with Crippen LogP contribution in [0.5, 0.6) is 5.75 Å². The van der Waals surface area contributed by atoms with Crippen LogP contribution in [0.2, 0.25) is 0 Å². The molecule has 116 valence electrons. The van der Waals surface area contributed by atoms with E-state index in [-0.39, 0.29) is 17.1 Å². The second kappa shape index (κ2) is 6.94. The molecule has 0 spiro atoms. The van der Waals surface area contributed by atoms with E-state index in [4.69, 9.17) is 4.74 Å². The third kappa shape index (κ3) is 4.46. The smallest absolute Gasteiger partial charge is 0.222 e. The minimum absolute atomic E-state index is 0.0129. The van der Waals surface area contributed by atoms with Crippen LogP contribution >= 0.6 is 0 Å². The maximum atomic E-state index is 12.1. The lowest BCUT2D eigenvalue weighted by atomic mass is 9.80. The van der Waals surface area contributed by atoms with Gasteiger partial charge in [0.15, 0.2) is 0 Å². The molecule has 0 unspecified atom stereocenters. The quantitative estimate of drug-likeness (QED) is 0.907. The monoisotopic (exact) mass is 291 g/mol. The van der Waals surface area contributed by atoms with Gasteiger partial charge in [-0.1, -0.05) is 26.0 Å². The Bertz CT molecular complexity index is 461. The van der Waals surface area contributed by atoms with E-state index < -0.39 is 0 Å². The first-order valence-corrected chi connectivity index (χ1v) is 7.64. The summed E-state index contributed by atoms with van der Waals surface area (Å²) < 4.78 is 5.26. The SMILES string of the molecule is CC(C)(CCCC(=O)N1CCOCC1)c1ccc(O)cc1. The summed E-state index contributed by atoms with van der Waals surface area (Å²) in [6.07, 6.45) is 2.43. The van der Waals surface area contributed by atoms with Gasteiger partial charge < -0.3 is 14.7 Å². The van der Waals surface area contributed by atoms with E-state index in [1.165, 1.54) is 5.56 Å². The number of ether oxygens (including phenoxy) is 1. The van der Waals surface area contributed by atoms with Gasteiger partial charge in [-0.2, -0.15) is 0 Å². The Hall–Kier alpha value is -1.55. The Morgan fingerprint density at radius 2 is 1.86 bits per heavy atom. The zero-order chi connectivity index (χ0) is 15.3. The third-order valence-electron chi connectivity index (χ3n) is 4.20. The van der Waals surface area contributed by atoms with Gasteiger partial charge in [-0.15, -0.1) is 0 Å². The second-order valence-corrected chi connectivity index (χ2v) is 6.28. The number of amides is 1. The predicted octanol–water partition coefficient (Wildman–Crippen LogP) is 2.70. The van der Waals surface area contributed by atoms with Crippen LogP contribution in [0.4, 0.5) is 0 Å². The summed E-state index contributed by atoms with van der Waals surface area (Å²) in [6, 6.07) is 7.35. The van der Waals surface area contributed by atoms with Crippen molar-refractivity contribution in [3.63, 3.8) is 0 Å². The summed E-state index contributed by atoms with van der Waals surface area (Å²) in [5.41, 5.74) is 1.21. The first kappa shape index (κ1) is 15.8. The first-order valence-electron chi connectivity index (χ1n) is 7.64. The van der Waals surface area contributed by atoms with Gasteiger partial charge in [-0.25, -0.2) is 0 Å². The number of morpholine rings is 1. The van der Waals surface area contributed by atoms with Crippen LogP contribution in [0.25, 0.3) is 0 Å². The number of hydrogen-bond donors (Lipinski definition) is 1. The minimum Gasteiger partial charge on any atom is -0.508 e. The van der Waals surface area contributed by atoms with Gasteiger partial charge in [0, 0.05) is 19.5 Å². The average Bonchev–Trinajstić information content (AvgIpc) is 2.48. The number of carbonyl (C=O) groups excluding carboxylic acids is 1. The minimum atomic E-state index is 0.0129. The number of phenolic OH excluding ortho intramolecular Hbond substituents is 1. The summed E-state index contributed by atoms with van der Waals surface area (Å²) >= 11 is 0. The van der Waals surface area contributed by atoms with Crippen molar-refractivity contribution in [3.8, 4) is 5.75 Å². The summed E-state index contributed by atoms with van der Waals surface area (Å²) in [6.45, 7) is 7.12. The number of hydrogen-bond acceptors (Lipinski definition) is 3. The predicted molar refractivity (Wildman–Crippen MR) is 82.4 cm³/mol. The van der Waals surface area contributed by atoms with E-state index in [9.17, 15) is 9.90 Å². The third-order valence-corrected chi connectivity index (χ3v) is 4.20. The van der Waals surface area contributed by atoms with Gasteiger partial charge in [0.2, 0.25) is 5.91 Å². The van der Waals surface area contributed by atoms with E-state index in [1.54, 1.807) is 12.1 Å².